The second-order valence-electron chi connectivity index (χ2n) is 4.59. The molecule has 2 rings (SSSR count). The quantitative estimate of drug-likeness (QED) is 0.655. The van der Waals surface area contributed by atoms with Crippen LogP contribution in [0.1, 0.15) is 35.8 Å². The molecule has 2 nitrogen and oxygen atoms in total. The van der Waals surface area contributed by atoms with Crippen LogP contribution in [-0.2, 0) is 13.0 Å². The molecule has 0 amide bonds. The molecular formula is C14H20N2S. The number of thioether (sulfide) groups is 1. The number of terminal acetylenes is 1. The lowest BCUT2D eigenvalue weighted by Gasteiger charge is -2.21. The number of rotatable bonds is 4. The molecule has 0 saturated carbocycles. The van der Waals surface area contributed by atoms with E-state index in [2.05, 4.69) is 23.5 Å². The Bertz CT molecular complexity index is 428. The molecule has 3 heteroatoms. The van der Waals surface area contributed by atoms with Crippen LogP contribution in [-0.4, -0.2) is 16.1 Å². The van der Waals surface area contributed by atoms with Gasteiger partial charge in [-0.3, -0.25) is 0 Å². The number of hydrogen-bond acceptors (Lipinski definition) is 2. The van der Waals surface area contributed by atoms with Crippen molar-refractivity contribution in [3.8, 4) is 12.3 Å². The Morgan fingerprint density at radius 3 is 3.24 bits per heavy atom. The molecule has 0 spiro atoms. The molecule has 1 aromatic heterocycles. The fourth-order valence-corrected chi connectivity index (χ4v) is 3.17. The molecule has 0 fully saturated rings. The van der Waals surface area contributed by atoms with E-state index in [-0.39, 0.29) is 6.04 Å². The molecule has 2 N–H and O–H groups in total. The zero-order valence-corrected chi connectivity index (χ0v) is 11.2. The van der Waals surface area contributed by atoms with Crippen molar-refractivity contribution in [2.45, 2.75) is 38.8 Å². The highest BCUT2D eigenvalue weighted by atomic mass is 32.2. The van der Waals surface area contributed by atoms with E-state index in [0.717, 1.165) is 24.5 Å². The molecule has 0 aromatic carbocycles. The van der Waals surface area contributed by atoms with Gasteiger partial charge in [-0.05, 0) is 37.8 Å². The lowest BCUT2D eigenvalue weighted by molar-refractivity contribution is 0.544. The number of fused-ring (bicyclic) bond motifs is 1. The SMILES string of the molecule is C#CCSCCn1c(C)cc2c1CCCC2N. The Hall–Kier alpha value is -0.850. The second kappa shape index (κ2) is 5.66. The summed E-state index contributed by atoms with van der Waals surface area (Å²) in [7, 11) is 0. The standard InChI is InChI=1S/C14H20N2S/c1-3-8-17-9-7-16-11(2)10-12-13(15)5-4-6-14(12)16/h1,10,13H,4-9,15H2,2H3. The van der Waals surface area contributed by atoms with Gasteiger partial charge in [0.15, 0.2) is 0 Å². The lowest BCUT2D eigenvalue weighted by Crippen LogP contribution is -2.18. The molecule has 1 unspecified atom stereocenters. The first-order valence-electron chi connectivity index (χ1n) is 6.19. The van der Waals surface area contributed by atoms with Gasteiger partial charge < -0.3 is 10.3 Å². The fraction of sp³-hybridized carbons (Fsp3) is 0.571. The third-order valence-corrected chi connectivity index (χ3v) is 4.26. The van der Waals surface area contributed by atoms with Gasteiger partial charge in [0.25, 0.3) is 0 Å². The van der Waals surface area contributed by atoms with Gasteiger partial charge in [-0.1, -0.05) is 5.92 Å². The van der Waals surface area contributed by atoms with Crippen molar-refractivity contribution in [3.63, 3.8) is 0 Å². The highest BCUT2D eigenvalue weighted by molar-refractivity contribution is 7.99. The number of aryl methyl sites for hydroxylation is 1. The van der Waals surface area contributed by atoms with Crippen LogP contribution in [0.2, 0.25) is 0 Å². The third kappa shape index (κ3) is 2.70. The van der Waals surface area contributed by atoms with E-state index in [1.54, 1.807) is 0 Å². The minimum Gasteiger partial charge on any atom is -0.348 e. The number of hydrogen-bond donors (Lipinski definition) is 1. The second-order valence-corrected chi connectivity index (χ2v) is 5.70. The predicted molar refractivity (Wildman–Crippen MR) is 75.2 cm³/mol. The minimum atomic E-state index is 0.247. The minimum absolute atomic E-state index is 0.247. The first-order chi connectivity index (χ1) is 8.24. The van der Waals surface area contributed by atoms with E-state index in [4.69, 9.17) is 12.2 Å². The molecule has 17 heavy (non-hydrogen) atoms. The van der Waals surface area contributed by atoms with Crippen LogP contribution < -0.4 is 5.73 Å². The van der Waals surface area contributed by atoms with E-state index < -0.39 is 0 Å². The van der Waals surface area contributed by atoms with Crippen LogP contribution in [0.4, 0.5) is 0 Å². The van der Waals surface area contributed by atoms with Crippen LogP contribution in [0, 0.1) is 19.3 Å². The predicted octanol–water partition coefficient (Wildman–Crippen LogP) is 2.50. The summed E-state index contributed by atoms with van der Waals surface area (Å²) in [5, 5.41) is 0. The monoisotopic (exact) mass is 248 g/mol. The molecule has 1 heterocycles. The Morgan fingerprint density at radius 1 is 1.65 bits per heavy atom. The zero-order chi connectivity index (χ0) is 12.3. The van der Waals surface area contributed by atoms with Crippen LogP contribution in [0.5, 0.6) is 0 Å². The average Bonchev–Trinajstić information content (AvgIpc) is 2.63. The van der Waals surface area contributed by atoms with Gasteiger partial charge in [0, 0.05) is 29.7 Å². The topological polar surface area (TPSA) is 30.9 Å². The molecule has 92 valence electrons. The maximum absolute atomic E-state index is 6.16. The lowest BCUT2D eigenvalue weighted by atomic mass is 9.93. The summed E-state index contributed by atoms with van der Waals surface area (Å²) < 4.78 is 2.43. The Labute approximate surface area is 108 Å². The summed E-state index contributed by atoms with van der Waals surface area (Å²) in [6, 6.07) is 2.52. The van der Waals surface area contributed by atoms with Crippen LogP contribution in [0.25, 0.3) is 0 Å². The van der Waals surface area contributed by atoms with Gasteiger partial charge in [-0.15, -0.1) is 18.2 Å². The summed E-state index contributed by atoms with van der Waals surface area (Å²) in [4.78, 5) is 0. The Morgan fingerprint density at radius 2 is 2.47 bits per heavy atom. The van der Waals surface area contributed by atoms with Gasteiger partial charge >= 0.3 is 0 Å². The molecule has 0 aliphatic heterocycles. The summed E-state index contributed by atoms with van der Waals surface area (Å²) in [5.74, 6) is 4.56. The molecule has 1 aliphatic rings. The van der Waals surface area contributed by atoms with Crippen molar-refractivity contribution in [3.05, 3.63) is 23.0 Å². The highest BCUT2D eigenvalue weighted by Gasteiger charge is 2.21. The summed E-state index contributed by atoms with van der Waals surface area (Å²) in [6.45, 7) is 3.23. The van der Waals surface area contributed by atoms with E-state index in [0.29, 0.717) is 0 Å². The van der Waals surface area contributed by atoms with E-state index in [1.807, 2.05) is 11.8 Å². The number of nitrogens with two attached hydrogens (primary N) is 1. The summed E-state index contributed by atoms with van der Waals surface area (Å²) in [5.41, 5.74) is 10.3. The van der Waals surface area contributed by atoms with Crippen LogP contribution in [0.3, 0.4) is 0 Å². The van der Waals surface area contributed by atoms with Crippen molar-refractivity contribution < 1.29 is 0 Å². The molecule has 1 atom stereocenters. The average molecular weight is 248 g/mol. The molecule has 1 aliphatic carbocycles. The maximum Gasteiger partial charge on any atom is 0.0545 e. The van der Waals surface area contributed by atoms with E-state index in [1.165, 1.54) is 29.8 Å². The molecular weight excluding hydrogens is 228 g/mol. The summed E-state index contributed by atoms with van der Waals surface area (Å²) >= 11 is 1.82. The summed E-state index contributed by atoms with van der Waals surface area (Å²) in [6.07, 6.45) is 8.77. The van der Waals surface area contributed by atoms with Crippen molar-refractivity contribution in [2.24, 2.45) is 5.73 Å². The van der Waals surface area contributed by atoms with Gasteiger partial charge in [0.05, 0.1) is 5.75 Å². The Balaban J connectivity index is 2.09. The maximum atomic E-state index is 6.16. The molecule has 0 saturated heterocycles. The third-order valence-electron chi connectivity index (χ3n) is 3.42. The van der Waals surface area contributed by atoms with Crippen LogP contribution >= 0.6 is 11.8 Å². The molecule has 0 radical (unpaired) electrons. The largest absolute Gasteiger partial charge is 0.348 e. The van der Waals surface area contributed by atoms with Gasteiger partial charge in [0.1, 0.15) is 0 Å². The van der Waals surface area contributed by atoms with Crippen molar-refractivity contribution in [1.29, 1.82) is 0 Å². The van der Waals surface area contributed by atoms with Crippen LogP contribution in [0.15, 0.2) is 6.07 Å². The van der Waals surface area contributed by atoms with Gasteiger partial charge in [-0.2, -0.15) is 0 Å². The number of nitrogens with zero attached hydrogens (tertiary/aromatic N) is 1. The normalized spacial score (nSPS) is 18.8. The first kappa shape index (κ1) is 12.6. The highest BCUT2D eigenvalue weighted by Crippen LogP contribution is 2.30. The molecule has 1 aromatic rings. The van der Waals surface area contributed by atoms with Gasteiger partial charge in [-0.25, -0.2) is 0 Å². The Kier molecular flexibility index (Phi) is 4.20. The number of aromatic nitrogens is 1. The first-order valence-corrected chi connectivity index (χ1v) is 7.35. The smallest absolute Gasteiger partial charge is 0.0545 e. The van der Waals surface area contributed by atoms with Crippen molar-refractivity contribution in [2.75, 3.05) is 11.5 Å². The van der Waals surface area contributed by atoms with Gasteiger partial charge in [0.2, 0.25) is 0 Å². The fourth-order valence-electron chi connectivity index (χ4n) is 2.60. The van der Waals surface area contributed by atoms with Crippen molar-refractivity contribution in [1.82, 2.24) is 4.57 Å². The van der Waals surface area contributed by atoms with E-state index >= 15 is 0 Å². The zero-order valence-electron chi connectivity index (χ0n) is 10.4. The van der Waals surface area contributed by atoms with Crippen molar-refractivity contribution >= 4 is 11.8 Å². The molecule has 0 bridgehead atoms. The van der Waals surface area contributed by atoms with E-state index in [9.17, 15) is 0 Å².